The molecule has 0 bridgehead atoms. The van der Waals surface area contributed by atoms with Crippen molar-refractivity contribution in [1.82, 2.24) is 14.8 Å². The van der Waals surface area contributed by atoms with Gasteiger partial charge in [-0.2, -0.15) is 5.26 Å². The Morgan fingerprint density at radius 3 is 2.48 bits per heavy atom. The highest BCUT2D eigenvalue weighted by atomic mass is 35.5. The number of nitrogens with zero attached hydrogens (tertiary/aromatic N) is 4. The van der Waals surface area contributed by atoms with Crippen LogP contribution >= 0.6 is 11.6 Å². The number of allylic oxidation sites excluding steroid dienone is 1. The lowest BCUT2D eigenvalue weighted by molar-refractivity contribution is 0.901. The van der Waals surface area contributed by atoms with E-state index >= 15 is 0 Å². The van der Waals surface area contributed by atoms with Gasteiger partial charge < -0.3 is 4.57 Å². The molecule has 0 fully saturated rings. The van der Waals surface area contributed by atoms with Gasteiger partial charge in [-0.25, -0.2) is 0 Å². The molecule has 5 heteroatoms. The SMILES string of the molecule is Cn1c(/C(C#N)=C/c2ccccc2Cl)nnc1-c1ccccc1. The van der Waals surface area contributed by atoms with Crippen molar-refractivity contribution in [1.29, 1.82) is 5.26 Å². The predicted molar refractivity (Wildman–Crippen MR) is 91.4 cm³/mol. The first-order chi connectivity index (χ1) is 11.2. The van der Waals surface area contributed by atoms with Crippen molar-refractivity contribution in [3.63, 3.8) is 0 Å². The number of halogens is 1. The zero-order valence-electron chi connectivity index (χ0n) is 12.4. The summed E-state index contributed by atoms with van der Waals surface area (Å²) in [5.74, 6) is 1.21. The summed E-state index contributed by atoms with van der Waals surface area (Å²) in [6.07, 6.45) is 1.72. The van der Waals surface area contributed by atoms with Crippen LogP contribution in [0.5, 0.6) is 0 Å². The Hall–Kier alpha value is -2.90. The zero-order valence-corrected chi connectivity index (χ0v) is 13.2. The second kappa shape index (κ2) is 6.47. The monoisotopic (exact) mass is 320 g/mol. The molecule has 1 heterocycles. The van der Waals surface area contributed by atoms with Crippen LogP contribution in [0.2, 0.25) is 5.02 Å². The molecule has 0 radical (unpaired) electrons. The van der Waals surface area contributed by atoms with E-state index in [1.165, 1.54) is 0 Å². The second-order valence-corrected chi connectivity index (χ2v) is 5.37. The molecule has 3 rings (SSSR count). The first-order valence-corrected chi connectivity index (χ1v) is 7.40. The Labute approximate surface area is 139 Å². The van der Waals surface area contributed by atoms with Gasteiger partial charge in [0, 0.05) is 17.6 Å². The van der Waals surface area contributed by atoms with Gasteiger partial charge in [0.15, 0.2) is 11.6 Å². The molecule has 0 saturated carbocycles. The quantitative estimate of drug-likeness (QED) is 0.680. The molecule has 2 aromatic carbocycles. The fraction of sp³-hybridized carbons (Fsp3) is 0.0556. The molecule has 0 aliphatic heterocycles. The van der Waals surface area contributed by atoms with Crippen molar-refractivity contribution in [2.24, 2.45) is 7.05 Å². The van der Waals surface area contributed by atoms with Gasteiger partial charge in [0.2, 0.25) is 0 Å². The summed E-state index contributed by atoms with van der Waals surface area (Å²) < 4.78 is 1.81. The summed E-state index contributed by atoms with van der Waals surface area (Å²) >= 11 is 6.16. The topological polar surface area (TPSA) is 54.5 Å². The first-order valence-electron chi connectivity index (χ1n) is 7.02. The average molecular weight is 321 g/mol. The van der Waals surface area contributed by atoms with Crippen LogP contribution in [-0.4, -0.2) is 14.8 Å². The lowest BCUT2D eigenvalue weighted by atomic mass is 10.1. The van der Waals surface area contributed by atoms with Crippen LogP contribution in [0.3, 0.4) is 0 Å². The van der Waals surface area contributed by atoms with Crippen molar-refractivity contribution in [3.8, 4) is 17.5 Å². The third-order valence-electron chi connectivity index (χ3n) is 3.47. The highest BCUT2D eigenvalue weighted by molar-refractivity contribution is 6.32. The maximum atomic E-state index is 9.49. The third-order valence-corrected chi connectivity index (χ3v) is 3.82. The van der Waals surface area contributed by atoms with Crippen LogP contribution in [0.25, 0.3) is 23.0 Å². The van der Waals surface area contributed by atoms with Crippen LogP contribution in [0, 0.1) is 11.3 Å². The summed E-state index contributed by atoms with van der Waals surface area (Å²) in [6.45, 7) is 0. The minimum atomic E-state index is 0.412. The number of hydrogen-bond donors (Lipinski definition) is 0. The van der Waals surface area contributed by atoms with Crippen molar-refractivity contribution in [3.05, 3.63) is 71.0 Å². The summed E-state index contributed by atoms with van der Waals surface area (Å²) in [4.78, 5) is 0. The van der Waals surface area contributed by atoms with Crippen molar-refractivity contribution in [2.75, 3.05) is 0 Å². The number of hydrogen-bond acceptors (Lipinski definition) is 3. The number of rotatable bonds is 3. The lowest BCUT2D eigenvalue weighted by Crippen LogP contribution is -1.98. The van der Waals surface area contributed by atoms with E-state index in [9.17, 15) is 5.26 Å². The van der Waals surface area contributed by atoms with Crippen molar-refractivity contribution in [2.45, 2.75) is 0 Å². The molecular weight excluding hydrogens is 308 g/mol. The molecule has 0 spiro atoms. The molecule has 23 heavy (non-hydrogen) atoms. The van der Waals surface area contributed by atoms with Gasteiger partial charge >= 0.3 is 0 Å². The normalized spacial score (nSPS) is 11.3. The summed E-state index contributed by atoms with van der Waals surface area (Å²) in [5.41, 5.74) is 2.13. The van der Waals surface area contributed by atoms with Crippen LogP contribution < -0.4 is 0 Å². The van der Waals surface area contributed by atoms with Crippen molar-refractivity contribution >= 4 is 23.3 Å². The highest BCUT2D eigenvalue weighted by Gasteiger charge is 2.14. The number of nitriles is 1. The number of benzene rings is 2. The van der Waals surface area contributed by atoms with E-state index in [0.717, 1.165) is 11.1 Å². The molecule has 0 saturated heterocycles. The Morgan fingerprint density at radius 2 is 1.78 bits per heavy atom. The molecule has 112 valence electrons. The highest BCUT2D eigenvalue weighted by Crippen LogP contribution is 2.24. The van der Waals surface area contributed by atoms with E-state index in [1.54, 1.807) is 16.7 Å². The Bertz CT molecular complexity index is 904. The zero-order chi connectivity index (χ0) is 16.2. The Kier molecular flexibility index (Phi) is 4.22. The first kappa shape index (κ1) is 15.0. The smallest absolute Gasteiger partial charge is 0.174 e. The fourth-order valence-corrected chi connectivity index (χ4v) is 2.49. The van der Waals surface area contributed by atoms with Gasteiger partial charge in [0.25, 0.3) is 0 Å². The van der Waals surface area contributed by atoms with Crippen LogP contribution in [0.1, 0.15) is 11.4 Å². The van der Waals surface area contributed by atoms with Crippen molar-refractivity contribution < 1.29 is 0 Å². The standard InChI is InChI=1S/C18H13ClN4/c1-23-17(13-7-3-2-4-8-13)21-22-18(23)15(12-20)11-14-9-5-6-10-16(14)19/h2-11H,1H3/b15-11+. The van der Waals surface area contributed by atoms with Gasteiger partial charge in [0.1, 0.15) is 6.07 Å². The largest absolute Gasteiger partial charge is 0.310 e. The van der Waals surface area contributed by atoms with Gasteiger partial charge in [0.05, 0.1) is 5.57 Å². The number of aromatic nitrogens is 3. The van der Waals surface area contributed by atoms with Crippen LogP contribution in [0.15, 0.2) is 54.6 Å². The van der Waals surface area contributed by atoms with Gasteiger partial charge in [-0.05, 0) is 17.7 Å². The molecule has 0 atom stereocenters. The van der Waals surface area contributed by atoms with Gasteiger partial charge in [-0.1, -0.05) is 60.1 Å². The van der Waals surface area contributed by atoms with E-state index in [-0.39, 0.29) is 0 Å². The van der Waals surface area contributed by atoms with Crippen LogP contribution in [0.4, 0.5) is 0 Å². The molecule has 4 nitrogen and oxygen atoms in total. The second-order valence-electron chi connectivity index (χ2n) is 4.96. The maximum absolute atomic E-state index is 9.49. The molecule has 0 aliphatic carbocycles. The molecule has 0 N–H and O–H groups in total. The molecule has 0 unspecified atom stereocenters. The molecule has 0 aliphatic rings. The summed E-state index contributed by atoms with van der Waals surface area (Å²) in [6, 6.07) is 19.3. The Balaban J connectivity index is 2.06. The molecular formula is C18H13ClN4. The Morgan fingerprint density at radius 1 is 1.09 bits per heavy atom. The van der Waals surface area contributed by atoms with E-state index in [0.29, 0.717) is 22.2 Å². The van der Waals surface area contributed by atoms with Crippen LogP contribution in [-0.2, 0) is 7.05 Å². The fourth-order valence-electron chi connectivity index (χ4n) is 2.30. The summed E-state index contributed by atoms with van der Waals surface area (Å²) in [7, 11) is 1.84. The molecule has 0 amide bonds. The minimum Gasteiger partial charge on any atom is -0.310 e. The van der Waals surface area contributed by atoms with E-state index in [4.69, 9.17) is 11.6 Å². The van der Waals surface area contributed by atoms with E-state index in [1.807, 2.05) is 55.6 Å². The molecule has 3 aromatic rings. The summed E-state index contributed by atoms with van der Waals surface area (Å²) in [5, 5.41) is 18.5. The maximum Gasteiger partial charge on any atom is 0.174 e. The van der Waals surface area contributed by atoms with Gasteiger partial charge in [-0.3, -0.25) is 0 Å². The van der Waals surface area contributed by atoms with Gasteiger partial charge in [-0.15, -0.1) is 10.2 Å². The van der Waals surface area contributed by atoms with E-state index < -0.39 is 0 Å². The third kappa shape index (κ3) is 3.01. The lowest BCUT2D eigenvalue weighted by Gasteiger charge is -2.04. The molecule has 1 aromatic heterocycles. The predicted octanol–water partition coefficient (Wildman–Crippen LogP) is 4.20. The minimum absolute atomic E-state index is 0.412. The van der Waals surface area contributed by atoms with E-state index in [2.05, 4.69) is 16.3 Å². The average Bonchev–Trinajstić information content (AvgIpc) is 2.96.